The van der Waals surface area contributed by atoms with E-state index in [1.807, 2.05) is 38.1 Å². The lowest BCUT2D eigenvalue weighted by Gasteiger charge is -2.31. The number of piperidine rings is 1. The molecule has 6 nitrogen and oxygen atoms in total. The number of carbonyl (C=O) groups excluding carboxylic acids is 2. The van der Waals surface area contributed by atoms with Crippen LogP contribution in [0.4, 0.5) is 0 Å². The van der Waals surface area contributed by atoms with Gasteiger partial charge in [-0.05, 0) is 52.3 Å². The maximum absolute atomic E-state index is 13.5. The molecular weight excluding hydrogens is 410 g/mol. The topological polar surface area (TPSA) is 73.7 Å². The van der Waals surface area contributed by atoms with Gasteiger partial charge in [0.15, 0.2) is 5.76 Å². The van der Waals surface area contributed by atoms with Crippen molar-refractivity contribution < 1.29 is 14.7 Å². The van der Waals surface area contributed by atoms with E-state index in [4.69, 9.17) is 0 Å². The summed E-state index contributed by atoms with van der Waals surface area (Å²) in [6.45, 7) is 8.91. The number of ketones is 1. The fourth-order valence-electron chi connectivity index (χ4n) is 4.51. The molecule has 0 aliphatic carbocycles. The summed E-state index contributed by atoms with van der Waals surface area (Å²) in [6, 6.07) is 7.24. The first-order valence-corrected chi connectivity index (χ1v) is 11.7. The third kappa shape index (κ3) is 4.29. The molecule has 2 aliphatic heterocycles. The molecule has 1 amide bonds. The molecule has 0 spiro atoms. The number of likely N-dealkylation sites (tertiary alicyclic amines) is 1. The van der Waals surface area contributed by atoms with Crippen LogP contribution in [-0.4, -0.2) is 57.8 Å². The number of aryl methyl sites for hydroxylation is 3. The van der Waals surface area contributed by atoms with Crippen molar-refractivity contribution in [3.05, 3.63) is 62.3 Å². The van der Waals surface area contributed by atoms with Crippen molar-refractivity contribution in [2.45, 2.75) is 46.1 Å². The van der Waals surface area contributed by atoms with Gasteiger partial charge in [0, 0.05) is 13.1 Å². The lowest BCUT2D eigenvalue weighted by Crippen LogP contribution is -2.40. The molecule has 1 fully saturated rings. The van der Waals surface area contributed by atoms with Gasteiger partial charge in [0.2, 0.25) is 5.78 Å². The van der Waals surface area contributed by atoms with Gasteiger partial charge in [0.25, 0.3) is 5.91 Å². The van der Waals surface area contributed by atoms with Gasteiger partial charge in [-0.3, -0.25) is 9.59 Å². The second-order valence-corrected chi connectivity index (χ2v) is 9.66. The number of amides is 1. The molecule has 1 N–H and O–H groups in total. The highest BCUT2D eigenvalue weighted by atomic mass is 32.1. The van der Waals surface area contributed by atoms with Crippen molar-refractivity contribution >= 4 is 23.0 Å². The molecular formula is C24H29N3O3S. The van der Waals surface area contributed by atoms with E-state index in [9.17, 15) is 14.7 Å². The van der Waals surface area contributed by atoms with Gasteiger partial charge in [-0.2, -0.15) is 0 Å². The molecule has 31 heavy (non-hydrogen) atoms. The van der Waals surface area contributed by atoms with Crippen LogP contribution >= 0.6 is 11.3 Å². The van der Waals surface area contributed by atoms with E-state index in [1.54, 1.807) is 11.8 Å². The first-order valence-electron chi connectivity index (χ1n) is 10.9. The Morgan fingerprint density at radius 3 is 2.39 bits per heavy atom. The highest BCUT2D eigenvalue weighted by Crippen LogP contribution is 2.40. The van der Waals surface area contributed by atoms with Crippen LogP contribution < -0.4 is 0 Å². The van der Waals surface area contributed by atoms with E-state index >= 15 is 0 Å². The number of nitrogens with zero attached hydrogens (tertiary/aromatic N) is 3. The molecule has 0 saturated carbocycles. The molecule has 1 aromatic heterocycles. The summed E-state index contributed by atoms with van der Waals surface area (Å²) in [7, 11) is 0. The lowest BCUT2D eigenvalue weighted by atomic mass is 9.94. The van der Waals surface area contributed by atoms with E-state index in [0.717, 1.165) is 35.8 Å². The minimum Gasteiger partial charge on any atom is -0.503 e. The summed E-state index contributed by atoms with van der Waals surface area (Å²) in [5, 5.41) is 11.6. The van der Waals surface area contributed by atoms with Crippen molar-refractivity contribution in [1.29, 1.82) is 0 Å². The summed E-state index contributed by atoms with van der Waals surface area (Å²) in [5.74, 6) is -1.20. The molecule has 3 heterocycles. The summed E-state index contributed by atoms with van der Waals surface area (Å²) in [6.07, 6.45) is 3.60. The van der Waals surface area contributed by atoms with E-state index in [2.05, 4.69) is 9.88 Å². The number of carbonyl (C=O) groups is 2. The first kappa shape index (κ1) is 21.7. The molecule has 0 radical (unpaired) electrons. The maximum atomic E-state index is 13.5. The van der Waals surface area contributed by atoms with Crippen molar-refractivity contribution in [2.75, 3.05) is 26.2 Å². The van der Waals surface area contributed by atoms with Gasteiger partial charge in [-0.1, -0.05) is 36.2 Å². The Morgan fingerprint density at radius 2 is 1.77 bits per heavy atom. The van der Waals surface area contributed by atoms with Crippen LogP contribution in [0.3, 0.4) is 0 Å². The molecule has 2 aromatic rings. The summed E-state index contributed by atoms with van der Waals surface area (Å²) in [5.41, 5.74) is 2.74. The Kier molecular flexibility index (Phi) is 6.25. The number of hydrogen-bond acceptors (Lipinski definition) is 6. The van der Waals surface area contributed by atoms with Gasteiger partial charge >= 0.3 is 0 Å². The number of benzene rings is 1. The molecule has 1 unspecified atom stereocenters. The van der Waals surface area contributed by atoms with Crippen molar-refractivity contribution in [3.63, 3.8) is 0 Å². The summed E-state index contributed by atoms with van der Waals surface area (Å²) >= 11 is 1.31. The van der Waals surface area contributed by atoms with Crippen LogP contribution in [-0.2, 0) is 4.79 Å². The summed E-state index contributed by atoms with van der Waals surface area (Å²) < 4.78 is 0. The van der Waals surface area contributed by atoms with E-state index in [1.165, 1.54) is 30.6 Å². The predicted molar refractivity (Wildman–Crippen MR) is 121 cm³/mol. The third-order valence-corrected chi connectivity index (χ3v) is 7.23. The molecule has 164 valence electrons. The average Bonchev–Trinajstić information content (AvgIpc) is 3.23. The third-order valence-electron chi connectivity index (χ3n) is 6.16. The fourth-order valence-corrected chi connectivity index (χ4v) is 5.38. The number of thiazole rings is 1. The van der Waals surface area contributed by atoms with Crippen molar-refractivity contribution in [2.24, 2.45) is 0 Å². The van der Waals surface area contributed by atoms with Gasteiger partial charge in [0.1, 0.15) is 0 Å². The van der Waals surface area contributed by atoms with E-state index in [-0.39, 0.29) is 11.4 Å². The normalized spacial score (nSPS) is 20.0. The van der Waals surface area contributed by atoms with Gasteiger partial charge in [0.05, 0.1) is 27.2 Å². The Hall–Kier alpha value is -2.51. The molecule has 1 aromatic carbocycles. The average molecular weight is 440 g/mol. The lowest BCUT2D eigenvalue weighted by molar-refractivity contribution is -0.129. The second-order valence-electron chi connectivity index (χ2n) is 8.45. The highest BCUT2D eigenvalue weighted by molar-refractivity contribution is 7.14. The molecule has 2 aliphatic rings. The molecule has 4 rings (SSSR count). The first-order chi connectivity index (χ1) is 14.9. The van der Waals surface area contributed by atoms with Crippen LogP contribution in [0.15, 0.2) is 35.6 Å². The van der Waals surface area contributed by atoms with Gasteiger partial charge < -0.3 is 14.9 Å². The minimum absolute atomic E-state index is 0.166. The standard InChI is InChI=1S/C24H29N3O3S/c1-15-7-9-18(10-8-15)20-19(21(28)23-16(2)25-17(3)31-23)22(29)24(30)27(20)14-13-26-11-5-4-6-12-26/h7-10,20,29H,4-6,11-14H2,1-3H3. The Bertz CT molecular complexity index is 1020. The van der Waals surface area contributed by atoms with Crippen molar-refractivity contribution in [3.8, 4) is 0 Å². The van der Waals surface area contributed by atoms with Crippen LogP contribution in [0.25, 0.3) is 0 Å². The summed E-state index contributed by atoms with van der Waals surface area (Å²) in [4.78, 5) is 35.5. The zero-order valence-electron chi connectivity index (χ0n) is 18.4. The quantitative estimate of drug-likeness (QED) is 0.685. The Balaban J connectivity index is 1.69. The minimum atomic E-state index is -0.591. The monoisotopic (exact) mass is 439 g/mol. The zero-order valence-corrected chi connectivity index (χ0v) is 19.2. The van der Waals surface area contributed by atoms with Crippen LogP contribution in [0.2, 0.25) is 0 Å². The number of hydrogen-bond donors (Lipinski definition) is 1. The van der Waals surface area contributed by atoms with Crippen LogP contribution in [0.1, 0.15) is 56.8 Å². The molecule has 7 heteroatoms. The van der Waals surface area contributed by atoms with Gasteiger partial charge in [-0.15, -0.1) is 11.3 Å². The van der Waals surface area contributed by atoms with Crippen LogP contribution in [0, 0.1) is 20.8 Å². The van der Waals surface area contributed by atoms with Crippen molar-refractivity contribution in [1.82, 2.24) is 14.8 Å². The highest BCUT2D eigenvalue weighted by Gasteiger charge is 2.44. The Labute approximate surface area is 187 Å². The predicted octanol–water partition coefficient (Wildman–Crippen LogP) is 4.13. The largest absolute Gasteiger partial charge is 0.503 e. The Morgan fingerprint density at radius 1 is 1.10 bits per heavy atom. The fraction of sp³-hybridized carbons (Fsp3) is 0.458. The number of Topliss-reactive ketones (excluding diaryl/α,β-unsaturated/α-hetero) is 1. The SMILES string of the molecule is Cc1ccc(C2C(C(=O)c3sc(C)nc3C)=C(O)C(=O)N2CCN2CCCCC2)cc1. The number of rotatable bonds is 6. The number of aliphatic hydroxyl groups excluding tert-OH is 1. The molecule has 0 bridgehead atoms. The second kappa shape index (κ2) is 8.93. The van der Waals surface area contributed by atoms with E-state index < -0.39 is 17.7 Å². The number of aromatic nitrogens is 1. The number of aliphatic hydroxyl groups is 1. The molecule has 1 atom stereocenters. The van der Waals surface area contributed by atoms with Crippen LogP contribution in [0.5, 0.6) is 0 Å². The smallest absolute Gasteiger partial charge is 0.290 e. The van der Waals surface area contributed by atoms with Gasteiger partial charge in [-0.25, -0.2) is 4.98 Å². The van der Waals surface area contributed by atoms with E-state index in [0.29, 0.717) is 17.1 Å². The zero-order chi connectivity index (χ0) is 22.1. The maximum Gasteiger partial charge on any atom is 0.290 e. The molecule has 1 saturated heterocycles.